The first kappa shape index (κ1) is 13.4. The maximum Gasteiger partial charge on any atom is 0.111 e. The summed E-state index contributed by atoms with van der Waals surface area (Å²) < 4.78 is 10.9. The fraction of sp³-hybridized carbons (Fsp3) is 0.176. The summed E-state index contributed by atoms with van der Waals surface area (Å²) >= 11 is 0. The van der Waals surface area contributed by atoms with Gasteiger partial charge < -0.3 is 9.47 Å². The van der Waals surface area contributed by atoms with Gasteiger partial charge in [-0.1, -0.05) is 60.7 Å². The Morgan fingerprint density at radius 1 is 0.789 bits per heavy atom. The maximum atomic E-state index is 5.51. The summed E-state index contributed by atoms with van der Waals surface area (Å²) in [5.74, 6) is 0. The molecule has 0 amide bonds. The molecule has 0 fully saturated rings. The molecule has 2 aromatic rings. The van der Waals surface area contributed by atoms with Gasteiger partial charge in [0, 0.05) is 0 Å². The standard InChI is InChI=1S/C17H18O2/c1-3-7-16(8-4-1)11-12-18-13-14-19-15-17-9-5-2-6-10-17/h1-12H,13-15H2. The number of hydrogen-bond acceptors (Lipinski definition) is 2. The molecule has 2 nitrogen and oxygen atoms in total. The molecule has 0 atom stereocenters. The van der Waals surface area contributed by atoms with Crippen molar-refractivity contribution >= 4 is 6.08 Å². The SMILES string of the molecule is C(=Cc1ccccc1)OCCOCc1ccccc1. The Morgan fingerprint density at radius 2 is 1.47 bits per heavy atom. The average Bonchev–Trinajstić information content (AvgIpc) is 2.48. The van der Waals surface area contributed by atoms with Crippen LogP contribution in [0.1, 0.15) is 11.1 Å². The molecule has 2 rings (SSSR count). The summed E-state index contributed by atoms with van der Waals surface area (Å²) in [6, 6.07) is 20.2. The van der Waals surface area contributed by atoms with E-state index < -0.39 is 0 Å². The zero-order valence-corrected chi connectivity index (χ0v) is 10.9. The van der Waals surface area contributed by atoms with E-state index in [2.05, 4.69) is 12.1 Å². The van der Waals surface area contributed by atoms with Gasteiger partial charge in [-0.25, -0.2) is 0 Å². The Labute approximate surface area is 114 Å². The third-order valence-corrected chi connectivity index (χ3v) is 2.61. The highest BCUT2D eigenvalue weighted by Crippen LogP contribution is 2.02. The quantitative estimate of drug-likeness (QED) is 0.551. The average molecular weight is 254 g/mol. The molecule has 0 heterocycles. The first-order chi connectivity index (χ1) is 9.45. The zero-order valence-electron chi connectivity index (χ0n) is 10.9. The third kappa shape index (κ3) is 5.40. The largest absolute Gasteiger partial charge is 0.499 e. The molecule has 0 N–H and O–H groups in total. The van der Waals surface area contributed by atoms with Crippen molar-refractivity contribution in [1.82, 2.24) is 0 Å². The molecule has 0 aliphatic rings. The van der Waals surface area contributed by atoms with Gasteiger partial charge in [0.15, 0.2) is 0 Å². The van der Waals surface area contributed by atoms with Crippen LogP contribution in [0.5, 0.6) is 0 Å². The second-order valence-electron chi connectivity index (χ2n) is 4.12. The number of benzene rings is 2. The number of ether oxygens (including phenoxy) is 2. The monoisotopic (exact) mass is 254 g/mol. The zero-order chi connectivity index (χ0) is 13.2. The molecule has 0 aromatic heterocycles. The van der Waals surface area contributed by atoms with E-state index in [0.717, 1.165) is 5.56 Å². The Bertz CT molecular complexity index is 477. The van der Waals surface area contributed by atoms with Gasteiger partial charge in [0.2, 0.25) is 0 Å². The van der Waals surface area contributed by atoms with Gasteiger partial charge in [-0.05, 0) is 17.2 Å². The lowest BCUT2D eigenvalue weighted by molar-refractivity contribution is 0.0753. The van der Waals surface area contributed by atoms with Gasteiger partial charge in [-0.3, -0.25) is 0 Å². The van der Waals surface area contributed by atoms with E-state index in [1.165, 1.54) is 5.56 Å². The summed E-state index contributed by atoms with van der Waals surface area (Å²) in [6.45, 7) is 1.79. The molecule has 0 spiro atoms. The van der Waals surface area contributed by atoms with Gasteiger partial charge in [-0.15, -0.1) is 0 Å². The second-order valence-corrected chi connectivity index (χ2v) is 4.12. The maximum absolute atomic E-state index is 5.51. The van der Waals surface area contributed by atoms with E-state index in [-0.39, 0.29) is 0 Å². The van der Waals surface area contributed by atoms with Gasteiger partial charge in [0.1, 0.15) is 6.61 Å². The van der Waals surface area contributed by atoms with Crippen molar-refractivity contribution in [3.63, 3.8) is 0 Å². The molecule has 2 aromatic carbocycles. The summed E-state index contributed by atoms with van der Waals surface area (Å²) in [4.78, 5) is 0. The lowest BCUT2D eigenvalue weighted by Crippen LogP contribution is -2.01. The van der Waals surface area contributed by atoms with Crippen LogP contribution in [0.15, 0.2) is 66.9 Å². The Hall–Kier alpha value is -2.06. The highest BCUT2D eigenvalue weighted by atomic mass is 16.5. The Kier molecular flexibility index (Phi) is 5.71. The Morgan fingerprint density at radius 3 is 2.21 bits per heavy atom. The summed E-state index contributed by atoms with van der Waals surface area (Å²) in [5, 5.41) is 0. The second kappa shape index (κ2) is 8.11. The molecule has 0 saturated carbocycles. The summed E-state index contributed by atoms with van der Waals surface area (Å²) in [5.41, 5.74) is 2.31. The van der Waals surface area contributed by atoms with Crippen LogP contribution in [0, 0.1) is 0 Å². The van der Waals surface area contributed by atoms with Crippen molar-refractivity contribution in [3.05, 3.63) is 78.1 Å². The number of rotatable bonds is 7. The van der Waals surface area contributed by atoms with Crippen molar-refractivity contribution in [2.75, 3.05) is 13.2 Å². The van der Waals surface area contributed by atoms with Crippen molar-refractivity contribution in [1.29, 1.82) is 0 Å². The molecule has 0 aliphatic carbocycles. The fourth-order valence-electron chi connectivity index (χ4n) is 1.63. The van der Waals surface area contributed by atoms with Crippen molar-refractivity contribution in [2.45, 2.75) is 6.61 Å². The molecular weight excluding hydrogens is 236 g/mol. The van der Waals surface area contributed by atoms with Crippen LogP contribution in [-0.2, 0) is 16.1 Å². The van der Waals surface area contributed by atoms with E-state index in [1.807, 2.05) is 54.6 Å². The summed E-state index contributed by atoms with van der Waals surface area (Å²) in [6.07, 6.45) is 3.65. The van der Waals surface area contributed by atoms with Crippen LogP contribution in [0.25, 0.3) is 6.08 Å². The van der Waals surface area contributed by atoms with E-state index in [0.29, 0.717) is 19.8 Å². The van der Waals surface area contributed by atoms with Crippen LogP contribution in [0.4, 0.5) is 0 Å². The predicted molar refractivity (Wildman–Crippen MR) is 77.5 cm³/mol. The smallest absolute Gasteiger partial charge is 0.111 e. The molecule has 0 aliphatic heterocycles. The van der Waals surface area contributed by atoms with Gasteiger partial charge in [0.05, 0.1) is 19.5 Å². The number of hydrogen-bond donors (Lipinski definition) is 0. The van der Waals surface area contributed by atoms with Crippen molar-refractivity contribution < 1.29 is 9.47 Å². The molecule has 0 saturated heterocycles. The van der Waals surface area contributed by atoms with E-state index in [4.69, 9.17) is 9.47 Å². The third-order valence-electron chi connectivity index (χ3n) is 2.61. The van der Waals surface area contributed by atoms with Crippen LogP contribution in [-0.4, -0.2) is 13.2 Å². The summed E-state index contributed by atoms with van der Waals surface area (Å²) in [7, 11) is 0. The molecule has 2 heteroatoms. The lowest BCUT2D eigenvalue weighted by Gasteiger charge is -2.04. The first-order valence-corrected chi connectivity index (χ1v) is 6.40. The van der Waals surface area contributed by atoms with Crippen LogP contribution in [0.2, 0.25) is 0 Å². The van der Waals surface area contributed by atoms with Crippen LogP contribution in [0.3, 0.4) is 0 Å². The normalized spacial score (nSPS) is 10.7. The topological polar surface area (TPSA) is 18.5 Å². The first-order valence-electron chi connectivity index (χ1n) is 6.40. The van der Waals surface area contributed by atoms with E-state index in [1.54, 1.807) is 6.26 Å². The van der Waals surface area contributed by atoms with E-state index in [9.17, 15) is 0 Å². The molecule has 0 unspecified atom stereocenters. The van der Waals surface area contributed by atoms with Gasteiger partial charge >= 0.3 is 0 Å². The molecule has 0 radical (unpaired) electrons. The lowest BCUT2D eigenvalue weighted by atomic mass is 10.2. The molecule has 0 bridgehead atoms. The highest BCUT2D eigenvalue weighted by molar-refractivity contribution is 5.47. The molecular formula is C17H18O2. The minimum Gasteiger partial charge on any atom is -0.499 e. The minimum atomic E-state index is 0.566. The van der Waals surface area contributed by atoms with Gasteiger partial charge in [-0.2, -0.15) is 0 Å². The van der Waals surface area contributed by atoms with Crippen LogP contribution >= 0.6 is 0 Å². The molecule has 98 valence electrons. The van der Waals surface area contributed by atoms with Gasteiger partial charge in [0.25, 0.3) is 0 Å². The highest BCUT2D eigenvalue weighted by Gasteiger charge is 1.91. The van der Waals surface area contributed by atoms with Crippen molar-refractivity contribution in [2.24, 2.45) is 0 Å². The molecule has 19 heavy (non-hydrogen) atoms. The van der Waals surface area contributed by atoms with Crippen molar-refractivity contribution in [3.8, 4) is 0 Å². The fourth-order valence-corrected chi connectivity index (χ4v) is 1.63. The van der Waals surface area contributed by atoms with E-state index >= 15 is 0 Å². The predicted octanol–water partition coefficient (Wildman–Crippen LogP) is 3.89. The minimum absolute atomic E-state index is 0.566. The Balaban J connectivity index is 1.56. The van der Waals surface area contributed by atoms with Crippen LogP contribution < -0.4 is 0 Å².